The van der Waals surface area contributed by atoms with Crippen molar-refractivity contribution in [2.24, 2.45) is 0 Å². The van der Waals surface area contributed by atoms with Gasteiger partial charge in [-0.15, -0.1) is 0 Å². The van der Waals surface area contributed by atoms with Gasteiger partial charge < -0.3 is 10.4 Å². The smallest absolute Gasteiger partial charge is 0.326 e. The zero-order chi connectivity index (χ0) is 16.7. The van der Waals surface area contributed by atoms with Crippen molar-refractivity contribution in [2.45, 2.75) is 38.8 Å². The van der Waals surface area contributed by atoms with E-state index in [4.69, 9.17) is 5.11 Å². The molecule has 122 valence electrons. The van der Waals surface area contributed by atoms with Gasteiger partial charge in [-0.25, -0.2) is 4.79 Å². The molecule has 0 saturated carbocycles. The molecule has 6 heteroatoms. The second kappa shape index (κ2) is 8.12. The number of amides is 1. The first-order valence-electron chi connectivity index (χ1n) is 7.70. The zero-order valence-electron chi connectivity index (χ0n) is 13.1. The summed E-state index contributed by atoms with van der Waals surface area (Å²) in [4.78, 5) is 23.3. The number of hydrogen-bond acceptors (Lipinski definition) is 3. The lowest BCUT2D eigenvalue weighted by Gasteiger charge is -2.14. The number of benzene rings is 1. The molecule has 6 nitrogen and oxygen atoms in total. The Morgan fingerprint density at radius 2 is 2.04 bits per heavy atom. The third kappa shape index (κ3) is 4.95. The lowest BCUT2D eigenvalue weighted by Crippen LogP contribution is -2.40. The molecule has 0 aliphatic carbocycles. The molecule has 2 rings (SSSR count). The van der Waals surface area contributed by atoms with E-state index >= 15 is 0 Å². The van der Waals surface area contributed by atoms with Crippen LogP contribution < -0.4 is 5.32 Å². The summed E-state index contributed by atoms with van der Waals surface area (Å²) in [5.41, 5.74) is 1.47. The molecule has 2 aromatic rings. The van der Waals surface area contributed by atoms with Crippen molar-refractivity contribution < 1.29 is 14.7 Å². The molecule has 0 aliphatic rings. The van der Waals surface area contributed by atoms with Gasteiger partial charge >= 0.3 is 5.97 Å². The number of carboxylic acids is 1. The number of aliphatic carboxylic acids is 1. The van der Waals surface area contributed by atoms with Crippen molar-refractivity contribution in [3.63, 3.8) is 0 Å². The van der Waals surface area contributed by atoms with E-state index in [1.54, 1.807) is 23.0 Å². The van der Waals surface area contributed by atoms with Crippen LogP contribution >= 0.6 is 0 Å². The Morgan fingerprint density at radius 1 is 1.30 bits per heavy atom. The van der Waals surface area contributed by atoms with Crippen molar-refractivity contribution >= 4 is 11.9 Å². The first kappa shape index (κ1) is 16.7. The molecule has 0 spiro atoms. The van der Waals surface area contributed by atoms with Crippen LogP contribution in [-0.4, -0.2) is 32.8 Å². The highest BCUT2D eigenvalue weighted by atomic mass is 16.4. The largest absolute Gasteiger partial charge is 0.480 e. The molecule has 1 heterocycles. The maximum atomic E-state index is 12.2. The maximum absolute atomic E-state index is 12.2. The Labute approximate surface area is 135 Å². The Hall–Kier alpha value is -2.63. The minimum absolute atomic E-state index is 0.362. The van der Waals surface area contributed by atoms with Crippen LogP contribution in [0.3, 0.4) is 0 Å². The fraction of sp³-hybridized carbons (Fsp3) is 0.353. The average Bonchev–Trinajstić information content (AvgIpc) is 3.04. The van der Waals surface area contributed by atoms with Crippen molar-refractivity contribution in [1.82, 2.24) is 15.1 Å². The molecule has 1 atom stereocenters. The van der Waals surface area contributed by atoms with Crippen LogP contribution in [0.1, 0.15) is 42.1 Å². The lowest BCUT2D eigenvalue weighted by atomic mass is 10.1. The van der Waals surface area contributed by atoms with Crippen molar-refractivity contribution in [3.8, 4) is 0 Å². The number of nitrogens with one attached hydrogen (secondary N) is 1. The summed E-state index contributed by atoms with van der Waals surface area (Å²) in [5.74, 6) is -1.36. The van der Waals surface area contributed by atoms with E-state index in [9.17, 15) is 9.59 Å². The van der Waals surface area contributed by atoms with Crippen molar-refractivity contribution in [1.29, 1.82) is 0 Å². The Morgan fingerprint density at radius 3 is 2.61 bits per heavy atom. The zero-order valence-corrected chi connectivity index (χ0v) is 13.1. The van der Waals surface area contributed by atoms with Gasteiger partial charge in [-0.2, -0.15) is 5.10 Å². The number of carbonyl (C=O) groups is 2. The van der Waals surface area contributed by atoms with Crippen LogP contribution in [0.2, 0.25) is 0 Å². The number of carbonyl (C=O) groups excluding carboxylic acids is 1. The van der Waals surface area contributed by atoms with E-state index in [1.165, 1.54) is 0 Å². The second-order valence-electron chi connectivity index (χ2n) is 5.41. The molecule has 1 aromatic heterocycles. The molecular formula is C17H21N3O3. The average molecular weight is 315 g/mol. The molecule has 23 heavy (non-hydrogen) atoms. The molecule has 1 unspecified atom stereocenters. The molecule has 0 aliphatic heterocycles. The van der Waals surface area contributed by atoms with Gasteiger partial charge in [-0.05, 0) is 30.2 Å². The Balaban J connectivity index is 1.97. The minimum Gasteiger partial charge on any atom is -0.480 e. The number of aromatic nitrogens is 2. The summed E-state index contributed by atoms with van der Waals surface area (Å²) in [6.07, 6.45) is 5.67. The SMILES string of the molecule is CCCCC(NC(=O)c1ccc(Cn2cccn2)cc1)C(=O)O. The van der Waals surface area contributed by atoms with E-state index in [0.29, 0.717) is 18.5 Å². The highest BCUT2D eigenvalue weighted by molar-refractivity contribution is 5.96. The van der Waals surface area contributed by atoms with E-state index in [2.05, 4.69) is 10.4 Å². The number of unbranched alkanes of at least 4 members (excludes halogenated alkanes) is 1. The number of nitrogens with zero attached hydrogens (tertiary/aromatic N) is 2. The van der Waals surface area contributed by atoms with Crippen LogP contribution in [0.5, 0.6) is 0 Å². The quantitative estimate of drug-likeness (QED) is 0.783. The number of carboxylic acid groups (broad SMARTS) is 1. The Kier molecular flexibility index (Phi) is 5.91. The van der Waals surface area contributed by atoms with E-state index < -0.39 is 12.0 Å². The molecule has 0 fully saturated rings. The summed E-state index contributed by atoms with van der Waals surface area (Å²) < 4.78 is 1.79. The predicted octanol–water partition coefficient (Wildman–Crippen LogP) is 2.30. The second-order valence-corrected chi connectivity index (χ2v) is 5.41. The van der Waals surface area contributed by atoms with Gasteiger partial charge in [0.25, 0.3) is 5.91 Å². The van der Waals surface area contributed by atoms with Crippen molar-refractivity contribution in [2.75, 3.05) is 0 Å². The predicted molar refractivity (Wildman–Crippen MR) is 86.2 cm³/mol. The fourth-order valence-corrected chi connectivity index (χ4v) is 2.25. The Bertz CT molecular complexity index is 636. The summed E-state index contributed by atoms with van der Waals surface area (Å²) in [6, 6.07) is 8.10. The maximum Gasteiger partial charge on any atom is 0.326 e. The number of hydrogen-bond donors (Lipinski definition) is 2. The van der Waals surface area contributed by atoms with Crippen molar-refractivity contribution in [3.05, 3.63) is 53.9 Å². The van der Waals surface area contributed by atoms with Gasteiger partial charge in [0.2, 0.25) is 0 Å². The van der Waals surface area contributed by atoms with Gasteiger partial charge in [0.05, 0.1) is 6.54 Å². The fourth-order valence-electron chi connectivity index (χ4n) is 2.25. The monoisotopic (exact) mass is 315 g/mol. The van der Waals surface area contributed by atoms with E-state index in [0.717, 1.165) is 18.4 Å². The summed E-state index contributed by atoms with van der Waals surface area (Å²) in [7, 11) is 0. The molecule has 1 amide bonds. The normalized spacial score (nSPS) is 11.9. The molecule has 2 N–H and O–H groups in total. The lowest BCUT2D eigenvalue weighted by molar-refractivity contribution is -0.139. The minimum atomic E-state index is -0.998. The molecule has 0 radical (unpaired) electrons. The van der Waals surface area contributed by atoms with E-state index in [-0.39, 0.29) is 5.91 Å². The molecule has 0 bridgehead atoms. The van der Waals surface area contributed by atoms with Gasteiger partial charge in [0.15, 0.2) is 0 Å². The van der Waals surface area contributed by atoms with Gasteiger partial charge in [0, 0.05) is 18.0 Å². The van der Waals surface area contributed by atoms with E-state index in [1.807, 2.05) is 31.3 Å². The summed E-state index contributed by atoms with van der Waals surface area (Å²) in [5, 5.41) is 15.9. The molecule has 0 saturated heterocycles. The standard InChI is InChI=1S/C17H21N3O3/c1-2-3-5-15(17(22)23)19-16(21)14-8-6-13(7-9-14)12-20-11-4-10-18-20/h4,6-11,15H,2-3,5,12H2,1H3,(H,19,21)(H,22,23). The van der Waals surface area contributed by atoms with Gasteiger partial charge in [0.1, 0.15) is 6.04 Å². The van der Waals surface area contributed by atoms with Crippen LogP contribution in [-0.2, 0) is 11.3 Å². The highest BCUT2D eigenvalue weighted by Crippen LogP contribution is 2.08. The first-order chi connectivity index (χ1) is 11.1. The van der Waals surface area contributed by atoms with Crippen LogP contribution in [0.25, 0.3) is 0 Å². The number of rotatable bonds is 8. The first-order valence-corrected chi connectivity index (χ1v) is 7.70. The topological polar surface area (TPSA) is 84.2 Å². The van der Waals surface area contributed by atoms with Crippen LogP contribution in [0.15, 0.2) is 42.7 Å². The van der Waals surface area contributed by atoms with Crippen LogP contribution in [0, 0.1) is 0 Å². The molecular weight excluding hydrogens is 294 g/mol. The molecule has 1 aromatic carbocycles. The third-order valence-electron chi connectivity index (χ3n) is 3.57. The summed E-state index contributed by atoms with van der Waals surface area (Å²) >= 11 is 0. The van der Waals surface area contributed by atoms with Crippen LogP contribution in [0.4, 0.5) is 0 Å². The van der Waals surface area contributed by atoms with Gasteiger partial charge in [-0.1, -0.05) is 31.9 Å². The highest BCUT2D eigenvalue weighted by Gasteiger charge is 2.19. The summed E-state index contributed by atoms with van der Waals surface area (Å²) in [6.45, 7) is 2.61. The third-order valence-corrected chi connectivity index (χ3v) is 3.57. The van der Waals surface area contributed by atoms with Gasteiger partial charge in [-0.3, -0.25) is 9.48 Å².